The number of hydrogen-bond donors (Lipinski definition) is 0. The van der Waals surface area contributed by atoms with E-state index in [9.17, 15) is 9.59 Å². The third-order valence-corrected chi connectivity index (χ3v) is 5.28. The molecule has 3 aromatic rings. The van der Waals surface area contributed by atoms with Gasteiger partial charge in [0.15, 0.2) is 11.8 Å². The summed E-state index contributed by atoms with van der Waals surface area (Å²) >= 11 is 1.60. The summed E-state index contributed by atoms with van der Waals surface area (Å²) in [5.41, 5.74) is 1.51. The van der Waals surface area contributed by atoms with E-state index in [0.29, 0.717) is 12.1 Å². The van der Waals surface area contributed by atoms with Crippen molar-refractivity contribution < 1.29 is 18.7 Å². The molecule has 1 aliphatic rings. The van der Waals surface area contributed by atoms with Gasteiger partial charge in [0.25, 0.3) is 5.91 Å². The van der Waals surface area contributed by atoms with Gasteiger partial charge in [-0.15, -0.1) is 11.3 Å². The number of nitrogens with zero attached hydrogens (tertiary/aromatic N) is 1. The van der Waals surface area contributed by atoms with Crippen LogP contribution >= 0.6 is 11.3 Å². The zero-order valence-electron chi connectivity index (χ0n) is 13.0. The highest BCUT2D eigenvalue weighted by atomic mass is 32.1. The van der Waals surface area contributed by atoms with E-state index in [1.807, 2.05) is 35.7 Å². The van der Waals surface area contributed by atoms with Crippen LogP contribution in [0, 0.1) is 0 Å². The lowest BCUT2D eigenvalue weighted by Crippen LogP contribution is -2.43. The third-order valence-electron chi connectivity index (χ3n) is 4.29. The minimum absolute atomic E-state index is 0.240. The summed E-state index contributed by atoms with van der Waals surface area (Å²) in [5, 5.41) is 2.80. The van der Waals surface area contributed by atoms with Gasteiger partial charge in [-0.05, 0) is 35.6 Å². The molecule has 1 unspecified atom stereocenters. The second-order valence-electron chi connectivity index (χ2n) is 5.62. The van der Waals surface area contributed by atoms with Crippen molar-refractivity contribution in [2.75, 3.05) is 13.7 Å². The molecule has 5 nitrogen and oxygen atoms in total. The maximum Gasteiger partial charge on any atom is 0.333 e. The van der Waals surface area contributed by atoms with Crippen molar-refractivity contribution in [1.29, 1.82) is 0 Å². The molecule has 3 heterocycles. The fourth-order valence-corrected chi connectivity index (χ4v) is 4.03. The predicted octanol–water partition coefficient (Wildman–Crippen LogP) is 3.41. The zero-order chi connectivity index (χ0) is 16.7. The van der Waals surface area contributed by atoms with Crippen molar-refractivity contribution in [2.45, 2.75) is 12.5 Å². The Morgan fingerprint density at radius 1 is 1.29 bits per heavy atom. The number of esters is 1. The quantitative estimate of drug-likeness (QED) is 0.670. The van der Waals surface area contributed by atoms with Crippen LogP contribution in [-0.2, 0) is 16.0 Å². The van der Waals surface area contributed by atoms with Gasteiger partial charge in [0.2, 0.25) is 0 Å². The third kappa shape index (κ3) is 2.30. The standard InChI is InChI=1S/C18H15NO4S/c1-22-18(21)16-12-7-9-24-15(12)6-8-19(16)17(20)14-10-11-4-2-3-5-13(11)23-14/h2-5,7,9-10,16H,6,8H2,1H3. The van der Waals surface area contributed by atoms with Crippen LogP contribution in [0.4, 0.5) is 0 Å². The summed E-state index contributed by atoms with van der Waals surface area (Å²) in [5.74, 6) is -0.485. The van der Waals surface area contributed by atoms with Crippen molar-refractivity contribution in [3.63, 3.8) is 0 Å². The molecule has 0 radical (unpaired) electrons. The number of furan rings is 1. The van der Waals surface area contributed by atoms with Crippen molar-refractivity contribution in [3.05, 3.63) is 58.0 Å². The Morgan fingerprint density at radius 3 is 2.92 bits per heavy atom. The largest absolute Gasteiger partial charge is 0.467 e. The molecular weight excluding hydrogens is 326 g/mol. The zero-order valence-corrected chi connectivity index (χ0v) is 13.8. The minimum Gasteiger partial charge on any atom is -0.467 e. The van der Waals surface area contributed by atoms with Crippen LogP contribution in [0.15, 0.2) is 46.2 Å². The van der Waals surface area contributed by atoms with Crippen LogP contribution in [0.25, 0.3) is 11.0 Å². The first-order valence-electron chi connectivity index (χ1n) is 7.62. The molecule has 0 fully saturated rings. The molecule has 1 aromatic carbocycles. The molecule has 0 bridgehead atoms. The smallest absolute Gasteiger partial charge is 0.333 e. The number of carbonyl (C=O) groups excluding carboxylic acids is 2. The van der Waals surface area contributed by atoms with E-state index in [2.05, 4.69) is 0 Å². The molecule has 4 rings (SSSR count). The Kier molecular flexibility index (Phi) is 3.61. The predicted molar refractivity (Wildman–Crippen MR) is 90.0 cm³/mol. The topological polar surface area (TPSA) is 59.8 Å². The van der Waals surface area contributed by atoms with E-state index in [1.165, 1.54) is 7.11 Å². The molecule has 6 heteroatoms. The van der Waals surface area contributed by atoms with Gasteiger partial charge < -0.3 is 14.1 Å². The fraction of sp³-hybridized carbons (Fsp3) is 0.222. The first kappa shape index (κ1) is 15.0. The lowest BCUT2D eigenvalue weighted by Gasteiger charge is -2.33. The van der Waals surface area contributed by atoms with Crippen molar-refractivity contribution in [1.82, 2.24) is 4.90 Å². The summed E-state index contributed by atoms with van der Waals surface area (Å²) in [6.45, 7) is 0.461. The average molecular weight is 341 g/mol. The van der Waals surface area contributed by atoms with Gasteiger partial charge in [-0.3, -0.25) is 4.79 Å². The maximum absolute atomic E-state index is 13.0. The highest BCUT2D eigenvalue weighted by Gasteiger charge is 2.38. The Balaban J connectivity index is 1.73. The number of benzene rings is 1. The Hall–Kier alpha value is -2.60. The highest BCUT2D eigenvalue weighted by molar-refractivity contribution is 7.10. The Morgan fingerprint density at radius 2 is 2.12 bits per heavy atom. The molecule has 1 aliphatic heterocycles. The normalized spacial score (nSPS) is 16.9. The number of thiophene rings is 1. The van der Waals surface area contributed by atoms with E-state index in [0.717, 1.165) is 22.2 Å². The van der Waals surface area contributed by atoms with Crippen LogP contribution in [-0.4, -0.2) is 30.4 Å². The molecule has 122 valence electrons. The molecule has 24 heavy (non-hydrogen) atoms. The van der Waals surface area contributed by atoms with Crippen LogP contribution in [0.2, 0.25) is 0 Å². The monoisotopic (exact) mass is 341 g/mol. The van der Waals surface area contributed by atoms with Gasteiger partial charge in [0, 0.05) is 16.8 Å². The molecular formula is C18H15NO4S. The molecule has 0 saturated heterocycles. The van der Waals surface area contributed by atoms with Crippen molar-refractivity contribution in [3.8, 4) is 0 Å². The second-order valence-corrected chi connectivity index (χ2v) is 6.62. The summed E-state index contributed by atoms with van der Waals surface area (Å²) in [6.07, 6.45) is 0.729. The second kappa shape index (κ2) is 5.79. The van der Waals surface area contributed by atoms with E-state index in [4.69, 9.17) is 9.15 Å². The van der Waals surface area contributed by atoms with Crippen molar-refractivity contribution in [2.24, 2.45) is 0 Å². The lowest BCUT2D eigenvalue weighted by atomic mass is 9.99. The molecule has 0 aliphatic carbocycles. The molecule has 1 amide bonds. The molecule has 1 atom stereocenters. The van der Waals surface area contributed by atoms with E-state index >= 15 is 0 Å². The number of rotatable bonds is 2. The van der Waals surface area contributed by atoms with Gasteiger partial charge in [0.1, 0.15) is 5.58 Å². The number of carbonyl (C=O) groups is 2. The summed E-state index contributed by atoms with van der Waals surface area (Å²) in [4.78, 5) is 27.9. The van der Waals surface area contributed by atoms with Crippen LogP contribution in [0.1, 0.15) is 27.0 Å². The van der Waals surface area contributed by atoms with Crippen LogP contribution < -0.4 is 0 Å². The molecule has 0 saturated carbocycles. The summed E-state index contributed by atoms with van der Waals surface area (Å²) in [7, 11) is 1.34. The Labute approximate surface area is 142 Å². The number of para-hydroxylation sites is 1. The van der Waals surface area contributed by atoms with Gasteiger partial charge in [-0.25, -0.2) is 4.79 Å². The molecule has 0 N–H and O–H groups in total. The van der Waals surface area contributed by atoms with Crippen molar-refractivity contribution >= 4 is 34.2 Å². The van der Waals surface area contributed by atoms with Gasteiger partial charge >= 0.3 is 5.97 Å². The number of fused-ring (bicyclic) bond motifs is 2. The number of amides is 1. The Bertz CT molecular complexity index is 893. The number of ether oxygens (including phenoxy) is 1. The maximum atomic E-state index is 13.0. The van der Waals surface area contributed by atoms with Crippen LogP contribution in [0.5, 0.6) is 0 Å². The number of methoxy groups -OCH3 is 1. The first-order valence-corrected chi connectivity index (χ1v) is 8.50. The molecule has 2 aromatic heterocycles. The minimum atomic E-state index is -0.717. The fourth-order valence-electron chi connectivity index (χ4n) is 3.13. The lowest BCUT2D eigenvalue weighted by molar-refractivity contribution is -0.146. The summed E-state index contributed by atoms with van der Waals surface area (Å²) in [6, 6.07) is 10.3. The van der Waals surface area contributed by atoms with Crippen LogP contribution in [0.3, 0.4) is 0 Å². The van der Waals surface area contributed by atoms with Gasteiger partial charge in [0.05, 0.1) is 7.11 Å². The van der Waals surface area contributed by atoms with E-state index in [1.54, 1.807) is 22.3 Å². The van der Waals surface area contributed by atoms with Gasteiger partial charge in [-0.2, -0.15) is 0 Å². The SMILES string of the molecule is COC(=O)C1c2ccsc2CCN1C(=O)c1cc2ccccc2o1. The molecule has 0 spiro atoms. The average Bonchev–Trinajstić information content (AvgIpc) is 3.25. The highest BCUT2D eigenvalue weighted by Crippen LogP contribution is 2.35. The summed E-state index contributed by atoms with van der Waals surface area (Å²) < 4.78 is 10.6. The number of hydrogen-bond acceptors (Lipinski definition) is 5. The van der Waals surface area contributed by atoms with E-state index < -0.39 is 12.0 Å². The van der Waals surface area contributed by atoms with E-state index in [-0.39, 0.29) is 11.7 Å². The first-order chi connectivity index (χ1) is 11.7. The van der Waals surface area contributed by atoms with Gasteiger partial charge in [-0.1, -0.05) is 18.2 Å².